The smallest absolute Gasteiger partial charge is 0.257 e. The molecule has 0 radical (unpaired) electrons. The van der Waals surface area contributed by atoms with Gasteiger partial charge in [-0.05, 0) is 30.7 Å². The van der Waals surface area contributed by atoms with Gasteiger partial charge in [-0.25, -0.2) is 18.4 Å². The molecule has 0 amide bonds. The first-order valence-electron chi connectivity index (χ1n) is 8.21. The molecule has 1 saturated heterocycles. The number of sulfonamides is 1. The molecular formula is C17H22N4O4S. The minimum absolute atomic E-state index is 0.243. The molecular weight excluding hydrogens is 356 g/mol. The van der Waals surface area contributed by atoms with Crippen molar-refractivity contribution in [2.24, 2.45) is 0 Å². The summed E-state index contributed by atoms with van der Waals surface area (Å²) >= 11 is 0. The Morgan fingerprint density at radius 3 is 2.50 bits per heavy atom. The third-order valence-electron chi connectivity index (χ3n) is 4.15. The van der Waals surface area contributed by atoms with Gasteiger partial charge in [0, 0.05) is 33.0 Å². The van der Waals surface area contributed by atoms with E-state index in [0.717, 1.165) is 0 Å². The van der Waals surface area contributed by atoms with Crippen molar-refractivity contribution < 1.29 is 17.9 Å². The van der Waals surface area contributed by atoms with Crippen LogP contribution >= 0.6 is 0 Å². The van der Waals surface area contributed by atoms with Crippen LogP contribution in [-0.4, -0.2) is 63.1 Å². The Hall–Kier alpha value is -2.39. The van der Waals surface area contributed by atoms with Crippen LogP contribution in [0.15, 0.2) is 41.6 Å². The zero-order chi connectivity index (χ0) is 18.7. The van der Waals surface area contributed by atoms with Crippen molar-refractivity contribution in [3.63, 3.8) is 0 Å². The molecule has 3 rings (SSSR count). The number of nitrogens with zero attached hydrogens (tertiary/aromatic N) is 4. The first-order chi connectivity index (χ1) is 12.4. The number of ether oxygens (including phenoxy) is 2. The van der Waals surface area contributed by atoms with Gasteiger partial charge < -0.3 is 14.4 Å². The molecule has 2 aromatic rings. The Labute approximate surface area is 153 Å². The van der Waals surface area contributed by atoms with Gasteiger partial charge in [0.1, 0.15) is 11.9 Å². The summed E-state index contributed by atoms with van der Waals surface area (Å²) in [5.41, 5.74) is 0. The Kier molecular flexibility index (Phi) is 5.28. The summed E-state index contributed by atoms with van der Waals surface area (Å²) in [7, 11) is 1.68. The van der Waals surface area contributed by atoms with E-state index in [1.807, 2.05) is 19.0 Å². The number of methoxy groups -OCH3 is 1. The summed E-state index contributed by atoms with van der Waals surface area (Å²) in [5.74, 6) is 1.64. The number of rotatable bonds is 6. The fourth-order valence-electron chi connectivity index (χ4n) is 2.77. The zero-order valence-electron chi connectivity index (χ0n) is 15.0. The Bertz CT molecular complexity index is 855. The molecule has 0 spiro atoms. The van der Waals surface area contributed by atoms with Gasteiger partial charge >= 0.3 is 0 Å². The fraction of sp³-hybridized carbons (Fsp3) is 0.412. The van der Waals surface area contributed by atoms with Gasteiger partial charge in [0.2, 0.25) is 10.0 Å². The molecule has 0 N–H and O–H groups in total. The van der Waals surface area contributed by atoms with Crippen LogP contribution in [0, 0.1) is 0 Å². The summed E-state index contributed by atoms with van der Waals surface area (Å²) in [6, 6.07) is 6.38. The second-order valence-electron chi connectivity index (χ2n) is 6.15. The number of hydrogen-bond donors (Lipinski definition) is 0. The minimum atomic E-state index is -3.56. The van der Waals surface area contributed by atoms with Crippen molar-refractivity contribution in [3.8, 4) is 11.6 Å². The first kappa shape index (κ1) is 18.4. The predicted molar refractivity (Wildman–Crippen MR) is 97.1 cm³/mol. The molecule has 26 heavy (non-hydrogen) atoms. The predicted octanol–water partition coefficient (Wildman–Crippen LogP) is 1.39. The van der Waals surface area contributed by atoms with Crippen molar-refractivity contribution in [2.45, 2.75) is 17.4 Å². The van der Waals surface area contributed by atoms with E-state index >= 15 is 0 Å². The van der Waals surface area contributed by atoms with E-state index in [1.165, 1.54) is 4.31 Å². The zero-order valence-corrected chi connectivity index (χ0v) is 15.8. The van der Waals surface area contributed by atoms with Crippen molar-refractivity contribution in [3.05, 3.63) is 36.7 Å². The van der Waals surface area contributed by atoms with Gasteiger partial charge in [-0.15, -0.1) is 0 Å². The van der Waals surface area contributed by atoms with Crippen LogP contribution in [0.3, 0.4) is 0 Å². The molecule has 1 aromatic carbocycles. The second-order valence-corrected chi connectivity index (χ2v) is 8.08. The van der Waals surface area contributed by atoms with Gasteiger partial charge in [0.25, 0.3) is 5.88 Å². The molecule has 1 atom stereocenters. The maximum absolute atomic E-state index is 12.8. The molecule has 0 bridgehead atoms. The molecule has 0 saturated carbocycles. The lowest BCUT2D eigenvalue weighted by Crippen LogP contribution is -2.31. The molecule has 1 aliphatic rings. The maximum atomic E-state index is 12.8. The molecule has 1 aliphatic heterocycles. The Balaban J connectivity index is 1.72. The van der Waals surface area contributed by atoms with Gasteiger partial charge in [-0.1, -0.05) is 0 Å². The highest BCUT2D eigenvalue weighted by Crippen LogP contribution is 2.27. The molecule has 2 heterocycles. The molecule has 140 valence electrons. The lowest BCUT2D eigenvalue weighted by Gasteiger charge is -2.19. The topological polar surface area (TPSA) is 84.9 Å². The molecule has 9 heteroatoms. The highest BCUT2D eigenvalue weighted by molar-refractivity contribution is 7.89. The number of hydrogen-bond acceptors (Lipinski definition) is 7. The summed E-state index contributed by atoms with van der Waals surface area (Å²) in [5, 5.41) is 0. The summed E-state index contributed by atoms with van der Waals surface area (Å²) < 4.78 is 38.0. The quantitative estimate of drug-likeness (QED) is 0.751. The van der Waals surface area contributed by atoms with Gasteiger partial charge in [-0.2, -0.15) is 4.31 Å². The number of aromatic nitrogens is 2. The van der Waals surface area contributed by atoms with E-state index in [9.17, 15) is 8.42 Å². The fourth-order valence-corrected chi connectivity index (χ4v) is 4.26. The monoisotopic (exact) mass is 378 g/mol. The number of anilines is 1. The van der Waals surface area contributed by atoms with Crippen LogP contribution in [0.1, 0.15) is 6.42 Å². The van der Waals surface area contributed by atoms with Crippen molar-refractivity contribution in [1.29, 1.82) is 0 Å². The van der Waals surface area contributed by atoms with Crippen molar-refractivity contribution in [1.82, 2.24) is 14.3 Å². The Morgan fingerprint density at radius 2 is 1.85 bits per heavy atom. The molecule has 0 aliphatic carbocycles. The van der Waals surface area contributed by atoms with Crippen LogP contribution in [0.2, 0.25) is 0 Å². The van der Waals surface area contributed by atoms with Crippen molar-refractivity contribution >= 4 is 15.8 Å². The summed E-state index contributed by atoms with van der Waals surface area (Å²) in [6.45, 7) is 0.675. The van der Waals surface area contributed by atoms with E-state index in [-0.39, 0.29) is 17.5 Å². The second kappa shape index (κ2) is 7.46. The van der Waals surface area contributed by atoms with Gasteiger partial charge in [-0.3, -0.25) is 0 Å². The van der Waals surface area contributed by atoms with E-state index in [0.29, 0.717) is 30.4 Å². The summed E-state index contributed by atoms with van der Waals surface area (Å²) in [4.78, 5) is 10.5. The third-order valence-corrected chi connectivity index (χ3v) is 6.03. The molecule has 1 unspecified atom stereocenters. The molecule has 1 aromatic heterocycles. The first-order valence-corrected chi connectivity index (χ1v) is 9.65. The SMILES string of the molecule is COc1ccc(S(=O)(=O)N2CCC(Oc3nccnc3N(C)C)C2)cc1. The van der Waals surface area contributed by atoms with Gasteiger partial charge in [0.05, 0.1) is 18.6 Å². The van der Waals surface area contributed by atoms with E-state index < -0.39 is 10.0 Å². The largest absolute Gasteiger partial charge is 0.497 e. The van der Waals surface area contributed by atoms with Crippen molar-refractivity contribution in [2.75, 3.05) is 39.2 Å². The van der Waals surface area contributed by atoms with Crippen LogP contribution in [-0.2, 0) is 10.0 Å². The van der Waals surface area contributed by atoms with E-state index in [2.05, 4.69) is 9.97 Å². The average Bonchev–Trinajstić information content (AvgIpc) is 3.11. The summed E-state index contributed by atoms with van der Waals surface area (Å²) in [6.07, 6.45) is 3.48. The van der Waals surface area contributed by atoms with Crippen LogP contribution in [0.5, 0.6) is 11.6 Å². The lowest BCUT2D eigenvalue weighted by atomic mass is 10.3. The normalized spacial score (nSPS) is 17.9. The maximum Gasteiger partial charge on any atom is 0.257 e. The van der Waals surface area contributed by atoms with E-state index in [1.54, 1.807) is 43.8 Å². The van der Waals surface area contributed by atoms with Crippen LogP contribution < -0.4 is 14.4 Å². The molecule has 8 nitrogen and oxygen atoms in total. The highest BCUT2D eigenvalue weighted by Gasteiger charge is 2.34. The lowest BCUT2D eigenvalue weighted by molar-refractivity contribution is 0.207. The highest BCUT2D eigenvalue weighted by atomic mass is 32.2. The number of benzene rings is 1. The van der Waals surface area contributed by atoms with Crippen LogP contribution in [0.4, 0.5) is 5.82 Å². The van der Waals surface area contributed by atoms with E-state index in [4.69, 9.17) is 9.47 Å². The third kappa shape index (κ3) is 3.73. The standard InChI is InChI=1S/C17H22N4O4S/c1-20(2)16-17(19-10-9-18-16)25-14-8-11-21(12-14)26(22,23)15-6-4-13(24-3)5-7-15/h4-7,9-10,14H,8,11-12H2,1-3H3. The molecule has 1 fully saturated rings. The Morgan fingerprint density at radius 1 is 1.15 bits per heavy atom. The minimum Gasteiger partial charge on any atom is -0.497 e. The van der Waals surface area contributed by atoms with Gasteiger partial charge in [0.15, 0.2) is 5.82 Å². The average molecular weight is 378 g/mol. The van der Waals surface area contributed by atoms with Crippen LogP contribution in [0.25, 0.3) is 0 Å².